The first kappa shape index (κ1) is 12.1. The molecule has 0 aliphatic carbocycles. The van der Waals surface area contributed by atoms with Crippen LogP contribution in [0.3, 0.4) is 0 Å². The van der Waals surface area contributed by atoms with Crippen LogP contribution >= 0.6 is 11.3 Å². The summed E-state index contributed by atoms with van der Waals surface area (Å²) in [6, 6.07) is 0. The Bertz CT molecular complexity index is 515. The molecule has 0 saturated heterocycles. The van der Waals surface area contributed by atoms with Crippen LogP contribution in [0.5, 0.6) is 0 Å². The number of carbonyl (C=O) groups is 1. The van der Waals surface area contributed by atoms with Crippen molar-refractivity contribution in [2.75, 3.05) is 18.5 Å². The van der Waals surface area contributed by atoms with Crippen LogP contribution in [-0.4, -0.2) is 29.3 Å². The SMILES string of the molecule is CC(C)CCN(C)c1nc2sccn2c1C=O. The average molecular weight is 251 g/mol. The van der Waals surface area contributed by atoms with Gasteiger partial charge in [0, 0.05) is 25.2 Å². The summed E-state index contributed by atoms with van der Waals surface area (Å²) in [7, 11) is 1.99. The van der Waals surface area contributed by atoms with E-state index in [0.29, 0.717) is 11.6 Å². The molecule has 0 spiro atoms. The first-order valence-electron chi connectivity index (χ1n) is 5.75. The predicted octanol–water partition coefficient (Wildman–Crippen LogP) is 2.69. The smallest absolute Gasteiger partial charge is 0.196 e. The van der Waals surface area contributed by atoms with Crippen LogP contribution in [-0.2, 0) is 0 Å². The Morgan fingerprint density at radius 2 is 2.35 bits per heavy atom. The number of thiazole rings is 1. The number of hydrogen-bond donors (Lipinski definition) is 0. The maximum Gasteiger partial charge on any atom is 0.196 e. The Balaban J connectivity index is 2.27. The minimum Gasteiger partial charge on any atom is -0.358 e. The summed E-state index contributed by atoms with van der Waals surface area (Å²) in [5.41, 5.74) is 0.646. The molecule has 4 nitrogen and oxygen atoms in total. The Morgan fingerprint density at radius 1 is 1.59 bits per heavy atom. The number of carbonyl (C=O) groups excluding carboxylic acids is 1. The molecule has 2 rings (SSSR count). The van der Waals surface area contributed by atoms with Crippen LogP contribution in [0.25, 0.3) is 4.96 Å². The highest BCUT2D eigenvalue weighted by Gasteiger charge is 2.15. The van der Waals surface area contributed by atoms with E-state index >= 15 is 0 Å². The lowest BCUT2D eigenvalue weighted by Gasteiger charge is -2.18. The number of rotatable bonds is 5. The summed E-state index contributed by atoms with van der Waals surface area (Å²) in [5, 5.41) is 1.94. The first-order chi connectivity index (χ1) is 8.13. The van der Waals surface area contributed by atoms with Gasteiger partial charge in [-0.2, -0.15) is 0 Å². The van der Waals surface area contributed by atoms with E-state index in [9.17, 15) is 4.79 Å². The fourth-order valence-electron chi connectivity index (χ4n) is 1.74. The Morgan fingerprint density at radius 3 is 3.00 bits per heavy atom. The average Bonchev–Trinajstić information content (AvgIpc) is 2.84. The Kier molecular flexibility index (Phi) is 3.47. The zero-order valence-electron chi connectivity index (χ0n) is 10.4. The second-order valence-corrected chi connectivity index (χ2v) is 5.47. The van der Waals surface area contributed by atoms with Gasteiger partial charge in [-0.25, -0.2) is 4.98 Å². The topological polar surface area (TPSA) is 37.6 Å². The van der Waals surface area contributed by atoms with Crippen molar-refractivity contribution in [1.82, 2.24) is 9.38 Å². The second-order valence-electron chi connectivity index (χ2n) is 4.60. The van der Waals surface area contributed by atoms with Crippen LogP contribution in [0.1, 0.15) is 30.8 Å². The van der Waals surface area contributed by atoms with Gasteiger partial charge in [0.1, 0.15) is 5.69 Å². The standard InChI is InChI=1S/C12H17N3OS/c1-9(2)4-5-14(3)11-10(8-16)15-6-7-17-12(15)13-11/h6-9H,4-5H2,1-3H3. The van der Waals surface area contributed by atoms with E-state index in [4.69, 9.17) is 0 Å². The van der Waals surface area contributed by atoms with Gasteiger partial charge in [-0.3, -0.25) is 9.20 Å². The van der Waals surface area contributed by atoms with E-state index in [-0.39, 0.29) is 0 Å². The highest BCUT2D eigenvalue weighted by atomic mass is 32.1. The molecular formula is C12H17N3OS. The van der Waals surface area contributed by atoms with Crippen LogP contribution in [0.4, 0.5) is 5.82 Å². The molecule has 2 heterocycles. The summed E-state index contributed by atoms with van der Waals surface area (Å²) < 4.78 is 1.85. The third-order valence-corrected chi connectivity index (χ3v) is 3.55. The van der Waals surface area contributed by atoms with E-state index in [1.165, 1.54) is 0 Å². The lowest BCUT2D eigenvalue weighted by molar-refractivity contribution is 0.111. The van der Waals surface area contributed by atoms with E-state index in [2.05, 4.69) is 23.7 Å². The van der Waals surface area contributed by atoms with Crippen LogP contribution < -0.4 is 4.90 Å². The third kappa shape index (κ3) is 2.34. The van der Waals surface area contributed by atoms with E-state index < -0.39 is 0 Å². The molecule has 2 aromatic heterocycles. The normalized spacial score (nSPS) is 11.3. The molecule has 0 bridgehead atoms. The molecule has 5 heteroatoms. The largest absolute Gasteiger partial charge is 0.358 e. The van der Waals surface area contributed by atoms with Gasteiger partial charge in [-0.15, -0.1) is 11.3 Å². The number of imidazole rings is 1. The quantitative estimate of drug-likeness (QED) is 0.767. The molecule has 0 amide bonds. The monoisotopic (exact) mass is 251 g/mol. The highest BCUT2D eigenvalue weighted by Crippen LogP contribution is 2.22. The van der Waals surface area contributed by atoms with Crippen molar-refractivity contribution in [2.24, 2.45) is 5.92 Å². The molecule has 0 atom stereocenters. The van der Waals surface area contributed by atoms with Crippen molar-refractivity contribution >= 4 is 28.4 Å². The van der Waals surface area contributed by atoms with Gasteiger partial charge in [0.05, 0.1) is 0 Å². The highest BCUT2D eigenvalue weighted by molar-refractivity contribution is 7.15. The van der Waals surface area contributed by atoms with Crippen molar-refractivity contribution in [3.63, 3.8) is 0 Å². The summed E-state index contributed by atoms with van der Waals surface area (Å²) in [6.07, 6.45) is 3.87. The van der Waals surface area contributed by atoms with Gasteiger partial charge in [-0.1, -0.05) is 13.8 Å². The third-order valence-electron chi connectivity index (χ3n) is 2.79. The van der Waals surface area contributed by atoms with E-state index in [1.54, 1.807) is 11.3 Å². The van der Waals surface area contributed by atoms with Gasteiger partial charge in [0.15, 0.2) is 17.1 Å². The molecule has 0 N–H and O–H groups in total. The molecule has 0 aromatic carbocycles. The van der Waals surface area contributed by atoms with Crippen molar-refractivity contribution in [1.29, 1.82) is 0 Å². The molecule has 0 saturated carbocycles. The lowest BCUT2D eigenvalue weighted by atomic mass is 10.1. The van der Waals surface area contributed by atoms with Gasteiger partial charge in [0.25, 0.3) is 0 Å². The zero-order chi connectivity index (χ0) is 12.4. The molecule has 0 unspecified atom stereocenters. The molecule has 0 aliphatic heterocycles. The zero-order valence-corrected chi connectivity index (χ0v) is 11.2. The minimum atomic E-state index is 0.646. The van der Waals surface area contributed by atoms with Gasteiger partial charge < -0.3 is 4.90 Å². The number of hydrogen-bond acceptors (Lipinski definition) is 4. The molecular weight excluding hydrogens is 234 g/mol. The van der Waals surface area contributed by atoms with Crippen LogP contribution in [0, 0.1) is 5.92 Å². The second kappa shape index (κ2) is 4.87. The number of aldehydes is 1. The summed E-state index contributed by atoms with van der Waals surface area (Å²) in [5.74, 6) is 1.44. The fourth-order valence-corrected chi connectivity index (χ4v) is 2.46. The first-order valence-corrected chi connectivity index (χ1v) is 6.63. The molecule has 17 heavy (non-hydrogen) atoms. The van der Waals surface area contributed by atoms with Crippen LogP contribution in [0.2, 0.25) is 0 Å². The van der Waals surface area contributed by atoms with Crippen LogP contribution in [0.15, 0.2) is 11.6 Å². The van der Waals surface area contributed by atoms with Gasteiger partial charge in [-0.05, 0) is 12.3 Å². The predicted molar refractivity (Wildman–Crippen MR) is 71.2 cm³/mol. The maximum absolute atomic E-state index is 11.2. The Labute approximate surface area is 105 Å². The molecule has 0 radical (unpaired) electrons. The fraction of sp³-hybridized carbons (Fsp3) is 0.500. The summed E-state index contributed by atoms with van der Waals surface area (Å²) in [4.78, 5) is 18.6. The molecule has 0 aliphatic rings. The van der Waals surface area contributed by atoms with Crippen molar-refractivity contribution in [2.45, 2.75) is 20.3 Å². The minimum absolute atomic E-state index is 0.646. The number of aromatic nitrogens is 2. The molecule has 92 valence electrons. The lowest BCUT2D eigenvalue weighted by Crippen LogP contribution is -2.21. The van der Waals surface area contributed by atoms with Gasteiger partial charge in [0.2, 0.25) is 0 Å². The maximum atomic E-state index is 11.2. The number of nitrogens with zero attached hydrogens (tertiary/aromatic N) is 3. The van der Waals surface area contributed by atoms with Crippen molar-refractivity contribution < 1.29 is 4.79 Å². The van der Waals surface area contributed by atoms with E-state index in [1.807, 2.05) is 23.0 Å². The van der Waals surface area contributed by atoms with E-state index in [0.717, 1.165) is 30.0 Å². The molecule has 2 aromatic rings. The van der Waals surface area contributed by atoms with Gasteiger partial charge >= 0.3 is 0 Å². The summed E-state index contributed by atoms with van der Waals surface area (Å²) in [6.45, 7) is 5.31. The molecule has 0 fully saturated rings. The Hall–Kier alpha value is -1.36. The number of fused-ring (bicyclic) bond motifs is 1. The number of anilines is 1. The summed E-state index contributed by atoms with van der Waals surface area (Å²) >= 11 is 1.55. The van der Waals surface area contributed by atoms with Crippen molar-refractivity contribution in [3.05, 3.63) is 17.3 Å². The van der Waals surface area contributed by atoms with Crippen molar-refractivity contribution in [3.8, 4) is 0 Å².